The molecule has 0 atom stereocenters. The number of aryl methyl sites for hydroxylation is 1. The third-order valence-corrected chi connectivity index (χ3v) is 4.29. The van der Waals surface area contributed by atoms with Crippen molar-refractivity contribution < 1.29 is 0 Å². The van der Waals surface area contributed by atoms with Gasteiger partial charge in [-0.2, -0.15) is 0 Å². The zero-order chi connectivity index (χ0) is 11.9. The van der Waals surface area contributed by atoms with Crippen LogP contribution in [0, 0.1) is 18.3 Å². The lowest BCUT2D eigenvalue weighted by atomic mass is 9.76. The van der Waals surface area contributed by atoms with Gasteiger partial charge in [-0.15, -0.1) is 0 Å². The van der Waals surface area contributed by atoms with Crippen molar-refractivity contribution in [3.8, 4) is 0 Å². The number of aromatic nitrogens is 1. The van der Waals surface area contributed by atoms with Gasteiger partial charge < -0.3 is 4.90 Å². The molecular weight excluding hydrogens is 264 g/mol. The zero-order valence-corrected chi connectivity index (χ0v) is 12.0. The van der Waals surface area contributed by atoms with E-state index < -0.39 is 0 Å². The second kappa shape index (κ2) is 4.02. The largest absolute Gasteiger partial charge is 0.356 e. The molecular formula is C13H19BrN2. The fourth-order valence-corrected chi connectivity index (χ4v) is 2.13. The van der Waals surface area contributed by atoms with Crippen molar-refractivity contribution in [3.05, 3.63) is 22.3 Å². The Labute approximate surface area is 106 Å². The minimum Gasteiger partial charge on any atom is -0.356 e. The van der Waals surface area contributed by atoms with Gasteiger partial charge in [-0.1, -0.05) is 20.8 Å². The molecule has 1 aromatic heterocycles. The van der Waals surface area contributed by atoms with Crippen molar-refractivity contribution in [3.63, 3.8) is 0 Å². The summed E-state index contributed by atoms with van der Waals surface area (Å²) in [4.78, 5) is 6.81. The van der Waals surface area contributed by atoms with Gasteiger partial charge in [0.2, 0.25) is 0 Å². The maximum Gasteiger partial charge on any atom is 0.128 e. The Morgan fingerprint density at radius 1 is 1.38 bits per heavy atom. The molecule has 88 valence electrons. The minimum absolute atomic E-state index is 0.418. The molecule has 0 aromatic carbocycles. The van der Waals surface area contributed by atoms with Crippen molar-refractivity contribution >= 4 is 21.7 Å². The highest BCUT2D eigenvalue weighted by atomic mass is 79.9. The third kappa shape index (κ3) is 2.24. The van der Waals surface area contributed by atoms with Crippen LogP contribution in [0.2, 0.25) is 0 Å². The summed E-state index contributed by atoms with van der Waals surface area (Å²) < 4.78 is 1.09. The molecule has 2 rings (SSSR count). The fourth-order valence-electron chi connectivity index (χ4n) is 1.91. The van der Waals surface area contributed by atoms with E-state index in [4.69, 9.17) is 0 Å². The summed E-state index contributed by atoms with van der Waals surface area (Å²) >= 11 is 3.48. The van der Waals surface area contributed by atoms with E-state index in [1.165, 1.54) is 5.56 Å². The number of pyridine rings is 1. The van der Waals surface area contributed by atoms with Gasteiger partial charge in [-0.3, -0.25) is 0 Å². The lowest BCUT2D eigenvalue weighted by molar-refractivity contribution is 0.194. The van der Waals surface area contributed by atoms with Crippen molar-refractivity contribution in [2.75, 3.05) is 18.0 Å². The molecule has 2 heterocycles. The number of halogens is 1. The molecule has 2 nitrogen and oxygen atoms in total. The number of hydrogen-bond acceptors (Lipinski definition) is 2. The smallest absolute Gasteiger partial charge is 0.128 e. The Kier molecular flexibility index (Phi) is 2.99. The summed E-state index contributed by atoms with van der Waals surface area (Å²) in [6.07, 6.45) is 1.90. The summed E-state index contributed by atoms with van der Waals surface area (Å²) in [7, 11) is 0. The summed E-state index contributed by atoms with van der Waals surface area (Å²) in [5, 5.41) is 0. The van der Waals surface area contributed by atoms with E-state index >= 15 is 0 Å². The van der Waals surface area contributed by atoms with Gasteiger partial charge in [0.1, 0.15) is 5.82 Å². The molecule has 0 aliphatic carbocycles. The highest BCUT2D eigenvalue weighted by molar-refractivity contribution is 9.10. The quantitative estimate of drug-likeness (QED) is 0.782. The van der Waals surface area contributed by atoms with Crippen LogP contribution in [0.25, 0.3) is 0 Å². The normalized spacial score (nSPS) is 17.4. The van der Waals surface area contributed by atoms with E-state index in [1.807, 2.05) is 6.20 Å². The summed E-state index contributed by atoms with van der Waals surface area (Å²) in [5.74, 6) is 1.90. The molecule has 0 spiro atoms. The second-order valence-electron chi connectivity index (χ2n) is 5.76. The first-order valence-corrected chi connectivity index (χ1v) is 6.54. The van der Waals surface area contributed by atoms with E-state index in [1.54, 1.807) is 0 Å². The molecule has 1 aliphatic rings. The third-order valence-electron chi connectivity index (χ3n) is 3.46. The summed E-state index contributed by atoms with van der Waals surface area (Å²) in [5.41, 5.74) is 1.67. The van der Waals surface area contributed by atoms with Crippen molar-refractivity contribution in [2.45, 2.75) is 27.7 Å². The molecule has 0 unspecified atom stereocenters. The molecule has 1 aliphatic heterocycles. The van der Waals surface area contributed by atoms with Crippen molar-refractivity contribution in [1.29, 1.82) is 0 Å². The van der Waals surface area contributed by atoms with Crippen LogP contribution in [0.3, 0.4) is 0 Å². The van der Waals surface area contributed by atoms with Gasteiger partial charge in [0.15, 0.2) is 0 Å². The van der Waals surface area contributed by atoms with Crippen molar-refractivity contribution in [1.82, 2.24) is 4.98 Å². The fraction of sp³-hybridized carbons (Fsp3) is 0.615. The molecule has 0 bridgehead atoms. The molecule has 1 saturated heterocycles. The van der Waals surface area contributed by atoms with Gasteiger partial charge in [0.05, 0.1) is 0 Å². The maximum atomic E-state index is 4.46. The van der Waals surface area contributed by atoms with E-state index in [0.29, 0.717) is 5.41 Å². The first-order chi connectivity index (χ1) is 7.38. The van der Waals surface area contributed by atoms with Crippen LogP contribution < -0.4 is 4.90 Å². The number of hydrogen-bond donors (Lipinski definition) is 0. The molecule has 1 aromatic rings. The Bertz CT molecular complexity index is 389. The van der Waals surface area contributed by atoms with E-state index in [0.717, 1.165) is 29.3 Å². The lowest BCUT2D eigenvalue weighted by Gasteiger charge is -2.47. The zero-order valence-electron chi connectivity index (χ0n) is 10.4. The van der Waals surface area contributed by atoms with Gasteiger partial charge >= 0.3 is 0 Å². The Hall–Kier alpha value is -0.570. The number of rotatable bonds is 1. The summed E-state index contributed by atoms with van der Waals surface area (Å²) in [6.45, 7) is 11.3. The second-order valence-corrected chi connectivity index (χ2v) is 6.61. The van der Waals surface area contributed by atoms with Crippen LogP contribution >= 0.6 is 15.9 Å². The molecule has 1 fully saturated rings. The number of nitrogens with zero attached hydrogens (tertiary/aromatic N) is 2. The Morgan fingerprint density at radius 2 is 2.00 bits per heavy atom. The van der Waals surface area contributed by atoms with E-state index in [-0.39, 0.29) is 0 Å². The standard InChI is InChI=1S/C13H19BrN2/c1-9-5-12(15-6-11(9)14)16-7-10(8-16)13(2,3)4/h5-6,10H,7-8H2,1-4H3. The molecule has 0 radical (unpaired) electrons. The monoisotopic (exact) mass is 282 g/mol. The SMILES string of the molecule is Cc1cc(N2CC(C(C)(C)C)C2)ncc1Br. The first-order valence-electron chi connectivity index (χ1n) is 5.75. The van der Waals surface area contributed by atoms with Crippen LogP contribution in [-0.2, 0) is 0 Å². The van der Waals surface area contributed by atoms with Crippen LogP contribution in [0.4, 0.5) is 5.82 Å². The van der Waals surface area contributed by atoms with Crippen molar-refractivity contribution in [2.24, 2.45) is 11.3 Å². The Morgan fingerprint density at radius 3 is 2.50 bits per heavy atom. The molecule has 0 N–H and O–H groups in total. The summed E-state index contributed by atoms with van der Waals surface area (Å²) in [6, 6.07) is 2.16. The average Bonchev–Trinajstić information content (AvgIpc) is 2.06. The van der Waals surface area contributed by atoms with Crippen LogP contribution in [0.5, 0.6) is 0 Å². The molecule has 3 heteroatoms. The van der Waals surface area contributed by atoms with Gasteiger partial charge in [-0.25, -0.2) is 4.98 Å². The maximum absolute atomic E-state index is 4.46. The molecule has 0 saturated carbocycles. The van der Waals surface area contributed by atoms with Gasteiger partial charge in [0, 0.05) is 23.8 Å². The average molecular weight is 283 g/mol. The molecule has 0 amide bonds. The first kappa shape index (κ1) is 11.9. The van der Waals surface area contributed by atoms with E-state index in [2.05, 4.69) is 59.6 Å². The predicted octanol–water partition coefficient (Wildman–Crippen LogP) is 3.63. The van der Waals surface area contributed by atoms with Crippen LogP contribution in [0.1, 0.15) is 26.3 Å². The predicted molar refractivity (Wildman–Crippen MR) is 71.8 cm³/mol. The van der Waals surface area contributed by atoms with Gasteiger partial charge in [0.25, 0.3) is 0 Å². The van der Waals surface area contributed by atoms with Crippen LogP contribution in [-0.4, -0.2) is 18.1 Å². The lowest BCUT2D eigenvalue weighted by Crippen LogP contribution is -2.52. The topological polar surface area (TPSA) is 16.1 Å². The van der Waals surface area contributed by atoms with Gasteiger partial charge in [-0.05, 0) is 45.8 Å². The van der Waals surface area contributed by atoms with Crippen LogP contribution in [0.15, 0.2) is 16.7 Å². The number of anilines is 1. The highest BCUT2D eigenvalue weighted by Crippen LogP contribution is 2.36. The van der Waals surface area contributed by atoms with E-state index in [9.17, 15) is 0 Å². The minimum atomic E-state index is 0.418. The highest BCUT2D eigenvalue weighted by Gasteiger charge is 2.36. The molecule has 16 heavy (non-hydrogen) atoms. The Balaban J connectivity index is 2.04.